The van der Waals surface area contributed by atoms with E-state index in [1.54, 1.807) is 24.3 Å². The highest BCUT2D eigenvalue weighted by Crippen LogP contribution is 2.32. The lowest BCUT2D eigenvalue weighted by Crippen LogP contribution is -2.39. The van der Waals surface area contributed by atoms with Crippen molar-refractivity contribution in [1.82, 2.24) is 0 Å². The zero-order valence-electron chi connectivity index (χ0n) is 16.1. The number of benzene rings is 2. The highest BCUT2D eigenvalue weighted by atomic mass is 16.2. The number of amides is 2. The molecule has 0 saturated heterocycles. The third kappa shape index (κ3) is 4.58. The van der Waals surface area contributed by atoms with Gasteiger partial charge in [0, 0.05) is 29.8 Å². The molecule has 0 unspecified atom stereocenters. The SMILES string of the molecule is CCN(C(=O)C1CCC(C(=O)Nc2ccc(C#N)cc2)CC1)c1ccccc1. The van der Waals surface area contributed by atoms with Gasteiger partial charge in [0.1, 0.15) is 0 Å². The first-order valence-corrected chi connectivity index (χ1v) is 9.79. The Balaban J connectivity index is 1.55. The van der Waals surface area contributed by atoms with Crippen molar-refractivity contribution in [2.75, 3.05) is 16.8 Å². The monoisotopic (exact) mass is 375 g/mol. The lowest BCUT2D eigenvalue weighted by atomic mass is 9.80. The Bertz CT molecular complexity index is 848. The van der Waals surface area contributed by atoms with Gasteiger partial charge in [-0.1, -0.05) is 18.2 Å². The number of para-hydroxylation sites is 1. The van der Waals surface area contributed by atoms with E-state index in [9.17, 15) is 9.59 Å². The van der Waals surface area contributed by atoms with Crippen molar-refractivity contribution < 1.29 is 9.59 Å². The topological polar surface area (TPSA) is 73.2 Å². The normalized spacial score (nSPS) is 18.7. The average Bonchev–Trinajstić information content (AvgIpc) is 2.75. The maximum absolute atomic E-state index is 13.0. The number of carbonyl (C=O) groups excluding carboxylic acids is 2. The van der Waals surface area contributed by atoms with Crippen molar-refractivity contribution in [3.05, 3.63) is 60.2 Å². The van der Waals surface area contributed by atoms with Gasteiger partial charge in [0.15, 0.2) is 0 Å². The Labute approximate surface area is 166 Å². The Morgan fingerprint density at radius 2 is 1.61 bits per heavy atom. The fourth-order valence-corrected chi connectivity index (χ4v) is 3.77. The molecule has 1 fully saturated rings. The van der Waals surface area contributed by atoms with Crippen LogP contribution in [0.2, 0.25) is 0 Å². The van der Waals surface area contributed by atoms with Crippen LogP contribution < -0.4 is 10.2 Å². The van der Waals surface area contributed by atoms with Gasteiger partial charge in [-0.2, -0.15) is 5.26 Å². The molecule has 5 nitrogen and oxygen atoms in total. The van der Waals surface area contributed by atoms with Crippen LogP contribution in [0.15, 0.2) is 54.6 Å². The Hall–Kier alpha value is -3.13. The lowest BCUT2D eigenvalue weighted by molar-refractivity contribution is -0.126. The molecule has 0 spiro atoms. The Kier molecular flexibility index (Phi) is 6.44. The molecule has 2 amide bonds. The van der Waals surface area contributed by atoms with Gasteiger partial charge >= 0.3 is 0 Å². The number of nitriles is 1. The van der Waals surface area contributed by atoms with Crippen molar-refractivity contribution in [2.45, 2.75) is 32.6 Å². The van der Waals surface area contributed by atoms with Crippen LogP contribution in [-0.4, -0.2) is 18.4 Å². The van der Waals surface area contributed by atoms with E-state index in [0.29, 0.717) is 30.6 Å². The highest BCUT2D eigenvalue weighted by Gasteiger charge is 2.32. The van der Waals surface area contributed by atoms with E-state index in [2.05, 4.69) is 11.4 Å². The molecule has 1 aliphatic rings. The summed E-state index contributed by atoms with van der Waals surface area (Å²) in [6.07, 6.45) is 2.89. The Morgan fingerprint density at radius 1 is 1.00 bits per heavy atom. The number of carbonyl (C=O) groups is 2. The molecule has 5 heteroatoms. The van der Waals surface area contributed by atoms with E-state index < -0.39 is 0 Å². The highest BCUT2D eigenvalue weighted by molar-refractivity contribution is 5.96. The van der Waals surface area contributed by atoms with Crippen LogP contribution in [0.3, 0.4) is 0 Å². The van der Waals surface area contributed by atoms with Gasteiger partial charge in [-0.25, -0.2) is 0 Å². The van der Waals surface area contributed by atoms with Crippen LogP contribution >= 0.6 is 0 Å². The van der Waals surface area contributed by atoms with Crippen molar-refractivity contribution in [3.8, 4) is 6.07 Å². The van der Waals surface area contributed by atoms with Crippen LogP contribution in [-0.2, 0) is 9.59 Å². The number of anilines is 2. The van der Waals surface area contributed by atoms with Gasteiger partial charge in [-0.15, -0.1) is 0 Å². The van der Waals surface area contributed by atoms with Gasteiger partial charge < -0.3 is 10.2 Å². The van der Waals surface area contributed by atoms with Crippen LogP contribution in [0, 0.1) is 23.2 Å². The second-order valence-electron chi connectivity index (χ2n) is 7.14. The number of nitrogens with zero attached hydrogens (tertiary/aromatic N) is 2. The molecule has 2 aromatic rings. The molecule has 3 rings (SSSR count). The summed E-state index contributed by atoms with van der Waals surface area (Å²) in [6.45, 7) is 2.63. The molecule has 0 radical (unpaired) electrons. The molecule has 144 valence electrons. The van der Waals surface area contributed by atoms with E-state index in [1.807, 2.05) is 42.2 Å². The lowest BCUT2D eigenvalue weighted by Gasteiger charge is -2.31. The molecule has 2 aromatic carbocycles. The predicted octanol–water partition coefficient (Wildman–Crippen LogP) is 4.36. The fourth-order valence-electron chi connectivity index (χ4n) is 3.77. The Morgan fingerprint density at radius 3 is 2.18 bits per heavy atom. The summed E-state index contributed by atoms with van der Waals surface area (Å²) in [7, 11) is 0. The second kappa shape index (κ2) is 9.18. The summed E-state index contributed by atoms with van der Waals surface area (Å²) in [6, 6.07) is 18.7. The minimum Gasteiger partial charge on any atom is -0.326 e. The minimum atomic E-state index is -0.0773. The summed E-state index contributed by atoms with van der Waals surface area (Å²) in [5, 5.41) is 11.8. The van der Waals surface area contributed by atoms with Crippen molar-refractivity contribution >= 4 is 23.2 Å². The molecular formula is C23H25N3O2. The van der Waals surface area contributed by atoms with Crippen LogP contribution in [0.25, 0.3) is 0 Å². The molecule has 0 aliphatic heterocycles. The van der Waals surface area contributed by atoms with Crippen LogP contribution in [0.4, 0.5) is 11.4 Å². The molecule has 1 saturated carbocycles. The standard InChI is InChI=1S/C23H25N3O2/c1-2-26(21-6-4-3-5-7-21)23(28)19-12-10-18(11-13-19)22(27)25-20-14-8-17(16-24)9-15-20/h3-9,14-15,18-19H,2,10-13H2,1H3,(H,25,27). The van der Waals surface area contributed by atoms with E-state index in [-0.39, 0.29) is 23.7 Å². The molecular weight excluding hydrogens is 350 g/mol. The molecule has 0 bridgehead atoms. The maximum atomic E-state index is 13.0. The summed E-state index contributed by atoms with van der Waals surface area (Å²) in [4.78, 5) is 27.3. The zero-order chi connectivity index (χ0) is 19.9. The van der Waals surface area contributed by atoms with Crippen LogP contribution in [0.5, 0.6) is 0 Å². The smallest absolute Gasteiger partial charge is 0.230 e. The fraction of sp³-hybridized carbons (Fsp3) is 0.348. The van der Waals surface area contributed by atoms with Gasteiger partial charge in [-0.05, 0) is 69.0 Å². The first-order chi connectivity index (χ1) is 13.6. The molecule has 28 heavy (non-hydrogen) atoms. The number of hydrogen-bond acceptors (Lipinski definition) is 3. The molecule has 0 heterocycles. The van der Waals surface area contributed by atoms with E-state index in [0.717, 1.165) is 18.5 Å². The first kappa shape index (κ1) is 19.6. The van der Waals surface area contributed by atoms with Gasteiger partial charge in [-0.3, -0.25) is 9.59 Å². The second-order valence-corrected chi connectivity index (χ2v) is 7.14. The van der Waals surface area contributed by atoms with E-state index >= 15 is 0 Å². The van der Waals surface area contributed by atoms with Crippen molar-refractivity contribution in [2.24, 2.45) is 11.8 Å². The first-order valence-electron chi connectivity index (χ1n) is 9.79. The summed E-state index contributed by atoms with van der Waals surface area (Å²) in [5.74, 6) is 0.0382. The van der Waals surface area contributed by atoms with E-state index in [1.165, 1.54) is 0 Å². The zero-order valence-corrected chi connectivity index (χ0v) is 16.1. The van der Waals surface area contributed by atoms with Crippen LogP contribution in [0.1, 0.15) is 38.2 Å². The van der Waals surface area contributed by atoms with Gasteiger partial charge in [0.25, 0.3) is 0 Å². The summed E-state index contributed by atoms with van der Waals surface area (Å²) >= 11 is 0. The largest absolute Gasteiger partial charge is 0.326 e. The van der Waals surface area contributed by atoms with Gasteiger partial charge in [0.2, 0.25) is 11.8 Å². The molecule has 0 atom stereocenters. The predicted molar refractivity (Wildman–Crippen MR) is 110 cm³/mol. The van der Waals surface area contributed by atoms with Gasteiger partial charge in [0.05, 0.1) is 11.6 Å². The number of nitrogens with one attached hydrogen (secondary N) is 1. The van der Waals surface area contributed by atoms with E-state index in [4.69, 9.17) is 5.26 Å². The minimum absolute atomic E-state index is 0.00832. The summed E-state index contributed by atoms with van der Waals surface area (Å²) < 4.78 is 0. The third-order valence-corrected chi connectivity index (χ3v) is 5.38. The quantitative estimate of drug-likeness (QED) is 0.844. The molecule has 1 aliphatic carbocycles. The van der Waals surface area contributed by atoms with Crippen molar-refractivity contribution in [3.63, 3.8) is 0 Å². The molecule has 1 N–H and O–H groups in total. The molecule has 0 aromatic heterocycles. The third-order valence-electron chi connectivity index (χ3n) is 5.38. The number of hydrogen-bond donors (Lipinski definition) is 1. The van der Waals surface area contributed by atoms with Crippen molar-refractivity contribution in [1.29, 1.82) is 5.26 Å². The summed E-state index contributed by atoms with van der Waals surface area (Å²) in [5.41, 5.74) is 2.19. The maximum Gasteiger partial charge on any atom is 0.230 e. The number of rotatable bonds is 5. The average molecular weight is 375 g/mol.